The van der Waals surface area contributed by atoms with Gasteiger partial charge in [0.05, 0.1) is 10.6 Å². The van der Waals surface area contributed by atoms with Crippen LogP contribution in [0.1, 0.15) is 24.0 Å². The number of hydrogen-bond donors (Lipinski definition) is 0. The summed E-state index contributed by atoms with van der Waals surface area (Å²) in [6, 6.07) is 12.0. The Kier molecular flexibility index (Phi) is 5.69. The maximum Gasteiger partial charge on any atom is 0.341 e. The second kappa shape index (κ2) is 7.84. The van der Waals surface area contributed by atoms with Crippen LogP contribution in [0.25, 0.3) is 0 Å². The number of rotatable bonds is 5. The van der Waals surface area contributed by atoms with Crippen LogP contribution in [0.2, 0.25) is 0 Å². The van der Waals surface area contributed by atoms with E-state index in [0.29, 0.717) is 31.6 Å². The summed E-state index contributed by atoms with van der Waals surface area (Å²) in [6.45, 7) is 5.10. The van der Waals surface area contributed by atoms with Crippen molar-refractivity contribution < 1.29 is 21.9 Å². The van der Waals surface area contributed by atoms with E-state index in [1.54, 1.807) is 12.1 Å². The summed E-state index contributed by atoms with van der Waals surface area (Å²) in [7, 11) is -4.64. The summed E-state index contributed by atoms with van der Waals surface area (Å²) < 4.78 is 56.1. The molecule has 0 spiro atoms. The Morgan fingerprint density at radius 2 is 1.59 bits per heavy atom. The molecule has 0 saturated carbocycles. The van der Waals surface area contributed by atoms with E-state index < -0.39 is 15.6 Å². The number of sulfone groups is 1. The van der Waals surface area contributed by atoms with Crippen molar-refractivity contribution in [2.45, 2.75) is 43.4 Å². The highest BCUT2D eigenvalue weighted by Gasteiger charge is 2.32. The Morgan fingerprint density at radius 3 is 2.19 bits per heavy atom. The molecule has 0 aromatic heterocycles. The van der Waals surface area contributed by atoms with Crippen LogP contribution < -0.4 is 9.64 Å². The topological polar surface area (TPSA) is 46.6 Å². The number of para-hydroxylation sites is 2. The molecule has 0 atom stereocenters. The molecule has 3 rings (SSSR count). The molecule has 1 saturated heterocycles. The van der Waals surface area contributed by atoms with Crippen molar-refractivity contribution in [1.29, 1.82) is 0 Å². The maximum atomic E-state index is 13.0. The summed E-state index contributed by atoms with van der Waals surface area (Å²) in [4.78, 5) is 1.54. The highest BCUT2D eigenvalue weighted by Crippen LogP contribution is 2.32. The first kappa shape index (κ1) is 19.6. The second-order valence-electron chi connectivity index (χ2n) is 6.80. The van der Waals surface area contributed by atoms with Gasteiger partial charge in [0.1, 0.15) is 11.9 Å². The van der Waals surface area contributed by atoms with Gasteiger partial charge in [-0.05, 0) is 37.1 Å². The van der Waals surface area contributed by atoms with E-state index in [1.165, 1.54) is 12.1 Å². The summed E-state index contributed by atoms with van der Waals surface area (Å²) in [5, 5.41) is 0. The Balaban J connectivity index is 1.74. The van der Waals surface area contributed by atoms with Crippen molar-refractivity contribution in [3.63, 3.8) is 0 Å². The molecule has 0 amide bonds. The first-order valence-electron chi connectivity index (χ1n) is 8.89. The molecule has 0 unspecified atom stereocenters. The Hall–Kier alpha value is -2.15. The minimum Gasteiger partial charge on any atom is -0.490 e. The zero-order chi connectivity index (χ0) is 19.6. The highest BCUT2D eigenvalue weighted by atomic mass is 32.2. The number of benzene rings is 2. The number of ether oxygens (including phenoxy) is 1. The SMILES string of the molecule is Cc1cccc(C)c1OC1CCN(c2ccccc2S(=O)(=O)C(F)F)CC1. The van der Waals surface area contributed by atoms with Crippen molar-refractivity contribution in [2.24, 2.45) is 0 Å². The van der Waals surface area contributed by atoms with E-state index in [4.69, 9.17) is 4.74 Å². The van der Waals surface area contributed by atoms with Gasteiger partial charge in [0.15, 0.2) is 0 Å². The van der Waals surface area contributed by atoms with Gasteiger partial charge in [-0.15, -0.1) is 0 Å². The second-order valence-corrected chi connectivity index (χ2v) is 8.68. The van der Waals surface area contributed by atoms with Gasteiger partial charge in [-0.3, -0.25) is 0 Å². The molecule has 27 heavy (non-hydrogen) atoms. The molecule has 0 N–H and O–H groups in total. The van der Waals surface area contributed by atoms with Crippen LogP contribution in [-0.4, -0.2) is 33.4 Å². The first-order valence-corrected chi connectivity index (χ1v) is 10.4. The fraction of sp³-hybridized carbons (Fsp3) is 0.400. The van der Waals surface area contributed by atoms with E-state index in [2.05, 4.69) is 0 Å². The van der Waals surface area contributed by atoms with E-state index in [0.717, 1.165) is 16.9 Å². The molecule has 1 heterocycles. The molecule has 0 aliphatic carbocycles. The summed E-state index contributed by atoms with van der Waals surface area (Å²) in [5.74, 6) is -2.54. The average Bonchev–Trinajstić information content (AvgIpc) is 2.65. The molecule has 1 aliphatic rings. The zero-order valence-electron chi connectivity index (χ0n) is 15.4. The number of anilines is 1. The van der Waals surface area contributed by atoms with Gasteiger partial charge in [-0.25, -0.2) is 8.42 Å². The predicted molar refractivity (Wildman–Crippen MR) is 101 cm³/mol. The first-order chi connectivity index (χ1) is 12.8. The van der Waals surface area contributed by atoms with Crippen molar-refractivity contribution >= 4 is 15.5 Å². The predicted octanol–water partition coefficient (Wildman–Crippen LogP) is 4.35. The maximum absolute atomic E-state index is 13.0. The Labute approximate surface area is 158 Å². The smallest absolute Gasteiger partial charge is 0.341 e. The number of halogens is 2. The molecule has 0 radical (unpaired) electrons. The van der Waals surface area contributed by atoms with Gasteiger partial charge in [-0.1, -0.05) is 30.3 Å². The molecular formula is C20H23F2NO3S. The van der Waals surface area contributed by atoms with Gasteiger partial charge in [0.2, 0.25) is 9.84 Å². The van der Waals surface area contributed by atoms with Crippen molar-refractivity contribution in [3.8, 4) is 5.75 Å². The largest absolute Gasteiger partial charge is 0.490 e. The van der Waals surface area contributed by atoms with Crippen LogP contribution >= 0.6 is 0 Å². The van der Waals surface area contributed by atoms with Crippen LogP contribution in [0.5, 0.6) is 5.75 Å². The van der Waals surface area contributed by atoms with Gasteiger partial charge in [0.25, 0.3) is 0 Å². The van der Waals surface area contributed by atoms with Crippen LogP contribution in [0, 0.1) is 13.8 Å². The number of hydrogen-bond acceptors (Lipinski definition) is 4. The van der Waals surface area contributed by atoms with Gasteiger partial charge >= 0.3 is 5.76 Å². The quantitative estimate of drug-likeness (QED) is 0.755. The Morgan fingerprint density at radius 1 is 1.00 bits per heavy atom. The monoisotopic (exact) mass is 395 g/mol. The summed E-state index contributed by atoms with van der Waals surface area (Å²) in [5.41, 5.74) is 2.49. The molecule has 7 heteroatoms. The summed E-state index contributed by atoms with van der Waals surface area (Å²) in [6.07, 6.45) is 1.40. The molecule has 1 aliphatic heterocycles. The van der Waals surface area contributed by atoms with Crippen LogP contribution in [0.4, 0.5) is 14.5 Å². The zero-order valence-corrected chi connectivity index (χ0v) is 16.2. The number of aryl methyl sites for hydroxylation is 2. The lowest BCUT2D eigenvalue weighted by Gasteiger charge is -2.35. The van der Waals surface area contributed by atoms with E-state index >= 15 is 0 Å². The molecule has 2 aromatic carbocycles. The standard InChI is InChI=1S/C20H23F2NO3S/c1-14-6-5-7-15(2)19(14)26-16-10-12-23(13-11-16)17-8-3-4-9-18(17)27(24,25)20(21)22/h3-9,16,20H,10-13H2,1-2H3. The lowest BCUT2D eigenvalue weighted by Crippen LogP contribution is -2.39. The lowest BCUT2D eigenvalue weighted by molar-refractivity contribution is 0.168. The van der Waals surface area contributed by atoms with E-state index in [-0.39, 0.29) is 11.0 Å². The Bertz CT molecular complexity index is 887. The number of piperidine rings is 1. The molecular weight excluding hydrogens is 372 g/mol. The minimum atomic E-state index is -4.64. The number of alkyl halides is 2. The summed E-state index contributed by atoms with van der Waals surface area (Å²) >= 11 is 0. The lowest BCUT2D eigenvalue weighted by atomic mass is 10.1. The van der Waals surface area contributed by atoms with E-state index in [9.17, 15) is 17.2 Å². The van der Waals surface area contributed by atoms with Gasteiger partial charge in [-0.2, -0.15) is 8.78 Å². The molecule has 1 fully saturated rings. The molecule has 0 bridgehead atoms. The highest BCUT2D eigenvalue weighted by molar-refractivity contribution is 7.91. The average molecular weight is 395 g/mol. The number of nitrogens with zero attached hydrogens (tertiary/aromatic N) is 1. The van der Waals surface area contributed by atoms with Crippen LogP contribution in [0.15, 0.2) is 47.4 Å². The van der Waals surface area contributed by atoms with Crippen molar-refractivity contribution in [3.05, 3.63) is 53.6 Å². The fourth-order valence-electron chi connectivity index (χ4n) is 3.42. The third-order valence-electron chi connectivity index (χ3n) is 4.88. The molecule has 4 nitrogen and oxygen atoms in total. The van der Waals surface area contributed by atoms with Crippen molar-refractivity contribution in [2.75, 3.05) is 18.0 Å². The normalized spacial score (nSPS) is 16.0. The third-order valence-corrected chi connectivity index (χ3v) is 6.31. The molecule has 2 aromatic rings. The third kappa shape index (κ3) is 4.08. The van der Waals surface area contributed by atoms with Crippen LogP contribution in [0.3, 0.4) is 0 Å². The van der Waals surface area contributed by atoms with E-state index in [1.807, 2.05) is 36.9 Å². The van der Waals surface area contributed by atoms with Crippen LogP contribution in [-0.2, 0) is 9.84 Å². The minimum absolute atomic E-state index is 0.0138. The van der Waals surface area contributed by atoms with Gasteiger partial charge < -0.3 is 9.64 Å². The molecule has 146 valence electrons. The van der Waals surface area contributed by atoms with Crippen molar-refractivity contribution in [1.82, 2.24) is 0 Å². The fourth-order valence-corrected chi connectivity index (χ4v) is 4.37. The van der Waals surface area contributed by atoms with Gasteiger partial charge in [0, 0.05) is 25.9 Å².